The topological polar surface area (TPSA) is 34.1 Å². The minimum atomic E-state index is 0.640. The average Bonchev–Trinajstić information content (AvgIpc) is 3.12. The summed E-state index contributed by atoms with van der Waals surface area (Å²) in [5, 5.41) is 4.47. The molecule has 1 aromatic heterocycles. The summed E-state index contributed by atoms with van der Waals surface area (Å²) in [5.74, 6) is 0.879. The number of methoxy groups -OCH3 is 1. The number of benzene rings is 1. The maximum atomic E-state index is 5.40. The van der Waals surface area contributed by atoms with E-state index in [-0.39, 0.29) is 0 Å². The smallest absolute Gasteiger partial charge is 0.183 e. The molecule has 1 fully saturated rings. The number of anilines is 1. The van der Waals surface area contributed by atoms with E-state index in [1.165, 1.54) is 17.7 Å². The molecule has 0 bridgehead atoms. The van der Waals surface area contributed by atoms with Crippen LogP contribution in [-0.4, -0.2) is 18.1 Å². The van der Waals surface area contributed by atoms with Gasteiger partial charge in [0.15, 0.2) is 5.13 Å². The summed E-state index contributed by atoms with van der Waals surface area (Å²) in [7, 11) is 1.70. The Balaban J connectivity index is 1.96. The monoisotopic (exact) mass is 260 g/mol. The van der Waals surface area contributed by atoms with E-state index in [1.54, 1.807) is 18.4 Å². The molecule has 0 atom stereocenters. The van der Waals surface area contributed by atoms with E-state index >= 15 is 0 Å². The third-order valence-electron chi connectivity index (χ3n) is 3.06. The number of aromatic nitrogens is 1. The third kappa shape index (κ3) is 2.20. The van der Waals surface area contributed by atoms with Gasteiger partial charge in [0.25, 0.3) is 0 Å². The number of para-hydroxylation sites is 1. The number of nitrogens with one attached hydrogen (secondary N) is 1. The van der Waals surface area contributed by atoms with Crippen LogP contribution in [0.4, 0.5) is 5.13 Å². The average molecular weight is 260 g/mol. The molecule has 18 heavy (non-hydrogen) atoms. The van der Waals surface area contributed by atoms with E-state index in [4.69, 9.17) is 9.72 Å². The molecule has 1 aliphatic rings. The fraction of sp³-hybridized carbons (Fsp3) is 0.357. The van der Waals surface area contributed by atoms with Gasteiger partial charge in [0.05, 0.1) is 12.8 Å². The first-order valence-electron chi connectivity index (χ1n) is 6.15. The summed E-state index contributed by atoms with van der Waals surface area (Å²) in [6, 6.07) is 8.67. The SMILES string of the molecule is COc1ccccc1-c1nc(NC2CC2)sc1C. The first-order valence-corrected chi connectivity index (χ1v) is 6.97. The maximum Gasteiger partial charge on any atom is 0.183 e. The highest BCUT2D eigenvalue weighted by atomic mass is 32.1. The van der Waals surface area contributed by atoms with Gasteiger partial charge in [-0.2, -0.15) is 0 Å². The fourth-order valence-corrected chi connectivity index (χ4v) is 2.86. The third-order valence-corrected chi connectivity index (χ3v) is 3.97. The fourth-order valence-electron chi connectivity index (χ4n) is 1.95. The molecule has 0 spiro atoms. The van der Waals surface area contributed by atoms with Gasteiger partial charge in [-0.05, 0) is 31.9 Å². The molecule has 0 saturated heterocycles. The van der Waals surface area contributed by atoms with Gasteiger partial charge in [-0.25, -0.2) is 4.98 Å². The van der Waals surface area contributed by atoms with E-state index in [9.17, 15) is 0 Å². The normalized spacial score (nSPS) is 14.6. The van der Waals surface area contributed by atoms with E-state index in [0.717, 1.165) is 22.1 Å². The van der Waals surface area contributed by atoms with E-state index < -0.39 is 0 Å². The van der Waals surface area contributed by atoms with Crippen LogP contribution in [0.15, 0.2) is 24.3 Å². The number of aryl methyl sites for hydroxylation is 1. The second kappa shape index (κ2) is 4.61. The quantitative estimate of drug-likeness (QED) is 0.910. The molecule has 1 saturated carbocycles. The van der Waals surface area contributed by atoms with Crippen LogP contribution in [0.3, 0.4) is 0 Å². The van der Waals surface area contributed by atoms with Crippen LogP contribution in [-0.2, 0) is 0 Å². The van der Waals surface area contributed by atoms with Crippen molar-refractivity contribution in [3.05, 3.63) is 29.1 Å². The van der Waals surface area contributed by atoms with Crippen molar-refractivity contribution in [2.45, 2.75) is 25.8 Å². The Bertz CT molecular complexity index is 561. The lowest BCUT2D eigenvalue weighted by Gasteiger charge is -2.06. The Morgan fingerprint density at radius 1 is 1.33 bits per heavy atom. The first-order chi connectivity index (χ1) is 8.78. The molecule has 4 heteroatoms. The van der Waals surface area contributed by atoms with Crippen LogP contribution < -0.4 is 10.1 Å². The van der Waals surface area contributed by atoms with Crippen molar-refractivity contribution < 1.29 is 4.74 Å². The number of hydrogen-bond acceptors (Lipinski definition) is 4. The largest absolute Gasteiger partial charge is 0.496 e. The van der Waals surface area contributed by atoms with Crippen molar-refractivity contribution in [1.82, 2.24) is 4.98 Å². The molecule has 0 aliphatic heterocycles. The molecule has 0 radical (unpaired) electrons. The van der Waals surface area contributed by atoms with Crippen LogP contribution in [0.1, 0.15) is 17.7 Å². The molecular formula is C14H16N2OS. The van der Waals surface area contributed by atoms with Gasteiger partial charge < -0.3 is 10.1 Å². The van der Waals surface area contributed by atoms with Gasteiger partial charge >= 0.3 is 0 Å². The highest BCUT2D eigenvalue weighted by Crippen LogP contribution is 2.37. The minimum absolute atomic E-state index is 0.640. The van der Waals surface area contributed by atoms with Crippen molar-refractivity contribution >= 4 is 16.5 Å². The molecule has 94 valence electrons. The second-order valence-electron chi connectivity index (χ2n) is 4.54. The minimum Gasteiger partial charge on any atom is -0.496 e. The Kier molecular flexibility index (Phi) is 2.96. The Morgan fingerprint density at radius 3 is 2.83 bits per heavy atom. The summed E-state index contributed by atoms with van der Waals surface area (Å²) >= 11 is 1.72. The zero-order chi connectivity index (χ0) is 12.5. The van der Waals surface area contributed by atoms with E-state index in [2.05, 4.69) is 18.3 Å². The van der Waals surface area contributed by atoms with Crippen molar-refractivity contribution in [2.24, 2.45) is 0 Å². The summed E-state index contributed by atoms with van der Waals surface area (Å²) in [6.45, 7) is 2.11. The lowest BCUT2D eigenvalue weighted by molar-refractivity contribution is 0.416. The molecule has 0 amide bonds. The van der Waals surface area contributed by atoms with Crippen molar-refractivity contribution in [3.63, 3.8) is 0 Å². The van der Waals surface area contributed by atoms with E-state index in [0.29, 0.717) is 6.04 Å². The van der Waals surface area contributed by atoms with Crippen LogP contribution in [0.5, 0.6) is 5.75 Å². The molecule has 2 aromatic rings. The van der Waals surface area contributed by atoms with Gasteiger partial charge in [0.2, 0.25) is 0 Å². The van der Waals surface area contributed by atoms with Gasteiger partial charge in [-0.15, -0.1) is 11.3 Å². The highest BCUT2D eigenvalue weighted by Gasteiger charge is 2.23. The van der Waals surface area contributed by atoms with Crippen LogP contribution >= 0.6 is 11.3 Å². The summed E-state index contributed by atoms with van der Waals surface area (Å²) in [4.78, 5) is 5.92. The molecule has 1 N–H and O–H groups in total. The molecule has 1 aromatic carbocycles. The van der Waals surface area contributed by atoms with Gasteiger partial charge in [-0.1, -0.05) is 12.1 Å². The van der Waals surface area contributed by atoms with Crippen LogP contribution in [0, 0.1) is 6.92 Å². The van der Waals surface area contributed by atoms with Gasteiger partial charge in [-0.3, -0.25) is 0 Å². The first kappa shape index (κ1) is 11.5. The van der Waals surface area contributed by atoms with Crippen molar-refractivity contribution in [2.75, 3.05) is 12.4 Å². The zero-order valence-corrected chi connectivity index (χ0v) is 11.4. The number of thiazole rings is 1. The van der Waals surface area contributed by atoms with Gasteiger partial charge in [0.1, 0.15) is 5.75 Å². The predicted molar refractivity (Wildman–Crippen MR) is 75.5 cm³/mol. The predicted octanol–water partition coefficient (Wildman–Crippen LogP) is 3.70. The Hall–Kier alpha value is -1.55. The molecule has 1 heterocycles. The number of ether oxygens (including phenoxy) is 1. The summed E-state index contributed by atoms with van der Waals surface area (Å²) < 4.78 is 5.40. The van der Waals surface area contributed by atoms with Crippen molar-refractivity contribution in [1.29, 1.82) is 0 Å². The van der Waals surface area contributed by atoms with E-state index in [1.807, 2.05) is 18.2 Å². The molecule has 0 unspecified atom stereocenters. The standard InChI is InChI=1S/C14H16N2OS/c1-9-13(11-5-3-4-6-12(11)17-2)16-14(18-9)15-10-7-8-10/h3-6,10H,7-8H2,1-2H3,(H,15,16). The Labute approximate surface area is 111 Å². The molecule has 3 nitrogen and oxygen atoms in total. The molecular weight excluding hydrogens is 244 g/mol. The summed E-state index contributed by atoms with van der Waals surface area (Å²) in [6.07, 6.45) is 2.53. The Morgan fingerprint density at radius 2 is 2.11 bits per heavy atom. The lowest BCUT2D eigenvalue weighted by atomic mass is 10.1. The highest BCUT2D eigenvalue weighted by molar-refractivity contribution is 7.16. The van der Waals surface area contributed by atoms with Gasteiger partial charge in [0, 0.05) is 16.5 Å². The van der Waals surface area contributed by atoms with Crippen LogP contribution in [0.2, 0.25) is 0 Å². The number of hydrogen-bond donors (Lipinski definition) is 1. The van der Waals surface area contributed by atoms with Crippen molar-refractivity contribution in [3.8, 4) is 17.0 Å². The molecule has 1 aliphatic carbocycles. The molecule has 3 rings (SSSR count). The zero-order valence-electron chi connectivity index (χ0n) is 10.6. The lowest BCUT2D eigenvalue weighted by Crippen LogP contribution is -1.99. The second-order valence-corrected chi connectivity index (χ2v) is 5.75. The summed E-state index contributed by atoms with van der Waals surface area (Å²) in [5.41, 5.74) is 2.10. The number of rotatable bonds is 4. The maximum absolute atomic E-state index is 5.40. The van der Waals surface area contributed by atoms with Crippen LogP contribution in [0.25, 0.3) is 11.3 Å². The number of nitrogens with zero attached hydrogens (tertiary/aromatic N) is 1.